The molecule has 0 spiro atoms. The summed E-state index contributed by atoms with van der Waals surface area (Å²) in [6, 6.07) is 8.61. The summed E-state index contributed by atoms with van der Waals surface area (Å²) in [4.78, 5) is 11.5. The maximum Gasteiger partial charge on any atom is 0.310 e. The predicted molar refractivity (Wildman–Crippen MR) is 97.7 cm³/mol. The highest BCUT2D eigenvalue weighted by atomic mass is 79.9. The van der Waals surface area contributed by atoms with Crippen LogP contribution in [-0.2, 0) is 22.4 Å². The van der Waals surface area contributed by atoms with Gasteiger partial charge in [-0.3, -0.25) is 4.79 Å². The second-order valence-corrected chi connectivity index (χ2v) is 7.09. The summed E-state index contributed by atoms with van der Waals surface area (Å²) in [5.41, 5.74) is 2.97. The average molecular weight is 419 g/mol. The largest absolute Gasteiger partial charge is 0.485 e. The lowest BCUT2D eigenvalue weighted by Crippen LogP contribution is -2.06. The zero-order valence-corrected chi connectivity index (χ0v) is 15.6. The van der Waals surface area contributed by atoms with Crippen LogP contribution < -0.4 is 4.74 Å². The van der Waals surface area contributed by atoms with Gasteiger partial charge in [-0.1, -0.05) is 15.9 Å². The quantitative estimate of drug-likeness (QED) is 0.551. The third-order valence-electron chi connectivity index (χ3n) is 4.69. The number of hydrogen-bond donors (Lipinski definition) is 0. The minimum Gasteiger partial charge on any atom is -0.485 e. The van der Waals surface area contributed by atoms with Crippen LogP contribution in [-0.4, -0.2) is 13.1 Å². The number of halogens is 2. The molecule has 134 valence electrons. The number of esters is 1. The van der Waals surface area contributed by atoms with Crippen molar-refractivity contribution in [3.05, 3.63) is 63.6 Å². The molecule has 0 unspecified atom stereocenters. The molecule has 1 atom stereocenters. The molecule has 26 heavy (non-hydrogen) atoms. The highest BCUT2D eigenvalue weighted by molar-refractivity contribution is 9.10. The highest BCUT2D eigenvalue weighted by Crippen LogP contribution is 2.40. The lowest BCUT2D eigenvalue weighted by Gasteiger charge is -2.16. The van der Waals surface area contributed by atoms with Gasteiger partial charge in [-0.15, -0.1) is 0 Å². The summed E-state index contributed by atoms with van der Waals surface area (Å²) >= 11 is 3.48. The SMILES string of the molecule is COC(=O)Cc1coc2cc(O[C@@H]3CCc4c(Br)ccc(F)c43)ccc12. The monoisotopic (exact) mass is 418 g/mol. The standard InChI is InChI=1S/C20H16BrFO4/c1-24-19(23)8-11-10-25-18-9-12(2-3-13(11)18)26-17-7-4-14-15(21)5-6-16(22)20(14)17/h2-3,5-6,9-10,17H,4,7-8H2,1H3/t17-/m1/s1. The summed E-state index contributed by atoms with van der Waals surface area (Å²) in [5.74, 6) is 0.0375. The molecule has 4 rings (SSSR count). The number of methoxy groups -OCH3 is 1. The number of carbonyl (C=O) groups is 1. The fourth-order valence-electron chi connectivity index (χ4n) is 3.42. The molecule has 1 heterocycles. The molecule has 0 saturated carbocycles. The zero-order valence-electron chi connectivity index (χ0n) is 14.1. The second-order valence-electron chi connectivity index (χ2n) is 6.24. The van der Waals surface area contributed by atoms with E-state index in [1.807, 2.05) is 12.1 Å². The van der Waals surface area contributed by atoms with Crippen molar-refractivity contribution in [1.29, 1.82) is 0 Å². The van der Waals surface area contributed by atoms with E-state index < -0.39 is 0 Å². The van der Waals surface area contributed by atoms with Gasteiger partial charge >= 0.3 is 5.97 Å². The fraction of sp³-hybridized carbons (Fsp3) is 0.250. The van der Waals surface area contributed by atoms with E-state index in [4.69, 9.17) is 13.9 Å². The van der Waals surface area contributed by atoms with Crippen molar-refractivity contribution < 1.29 is 23.1 Å². The molecule has 0 radical (unpaired) electrons. The number of furan rings is 1. The van der Waals surface area contributed by atoms with Crippen molar-refractivity contribution in [2.75, 3.05) is 7.11 Å². The predicted octanol–water partition coefficient (Wildman–Crippen LogP) is 5.12. The molecule has 0 bridgehead atoms. The molecule has 1 aliphatic carbocycles. The van der Waals surface area contributed by atoms with E-state index >= 15 is 0 Å². The first-order valence-corrected chi connectivity index (χ1v) is 9.06. The molecule has 1 aromatic heterocycles. The summed E-state index contributed by atoms with van der Waals surface area (Å²) in [6.07, 6.45) is 2.86. The topological polar surface area (TPSA) is 48.7 Å². The Morgan fingerprint density at radius 3 is 3.00 bits per heavy atom. The summed E-state index contributed by atoms with van der Waals surface area (Å²) < 4.78 is 31.5. The van der Waals surface area contributed by atoms with E-state index in [2.05, 4.69) is 15.9 Å². The van der Waals surface area contributed by atoms with Gasteiger partial charge in [-0.05, 0) is 42.7 Å². The molecule has 6 heteroatoms. The Morgan fingerprint density at radius 2 is 2.19 bits per heavy atom. The summed E-state index contributed by atoms with van der Waals surface area (Å²) in [5, 5.41) is 0.837. The van der Waals surface area contributed by atoms with Gasteiger partial charge in [0.15, 0.2) is 0 Å². The Balaban J connectivity index is 1.60. The number of ether oxygens (including phenoxy) is 2. The van der Waals surface area contributed by atoms with E-state index in [1.165, 1.54) is 13.2 Å². The van der Waals surface area contributed by atoms with Crippen molar-refractivity contribution in [3.63, 3.8) is 0 Å². The molecule has 1 aliphatic rings. The van der Waals surface area contributed by atoms with Crippen molar-refractivity contribution >= 4 is 32.9 Å². The van der Waals surface area contributed by atoms with Gasteiger partial charge in [0.1, 0.15) is 23.3 Å². The van der Waals surface area contributed by atoms with Crippen LogP contribution in [0.15, 0.2) is 45.5 Å². The normalized spacial score (nSPS) is 15.9. The summed E-state index contributed by atoms with van der Waals surface area (Å²) in [7, 11) is 1.35. The molecule has 0 aliphatic heterocycles. The highest BCUT2D eigenvalue weighted by Gasteiger charge is 2.29. The van der Waals surface area contributed by atoms with Crippen molar-refractivity contribution in [2.24, 2.45) is 0 Å². The van der Waals surface area contributed by atoms with E-state index in [-0.39, 0.29) is 24.3 Å². The Morgan fingerprint density at radius 1 is 1.35 bits per heavy atom. The maximum atomic E-state index is 14.3. The third-order valence-corrected chi connectivity index (χ3v) is 5.44. The van der Waals surface area contributed by atoms with Crippen molar-refractivity contribution in [2.45, 2.75) is 25.4 Å². The number of carbonyl (C=O) groups excluding carboxylic acids is 1. The Labute approximate surface area is 158 Å². The van der Waals surface area contributed by atoms with Gasteiger partial charge in [-0.2, -0.15) is 0 Å². The Bertz CT molecular complexity index is 995. The maximum absolute atomic E-state index is 14.3. The van der Waals surface area contributed by atoms with Crippen LogP contribution in [0.1, 0.15) is 29.2 Å². The minimum atomic E-state index is -0.329. The van der Waals surface area contributed by atoms with Crippen LogP contribution in [0.5, 0.6) is 5.75 Å². The zero-order chi connectivity index (χ0) is 18.3. The molecule has 4 nitrogen and oxygen atoms in total. The smallest absolute Gasteiger partial charge is 0.310 e. The van der Waals surface area contributed by atoms with Gasteiger partial charge < -0.3 is 13.9 Å². The van der Waals surface area contributed by atoms with E-state index in [0.717, 1.165) is 33.8 Å². The van der Waals surface area contributed by atoms with Crippen LogP contribution in [0, 0.1) is 5.82 Å². The van der Waals surface area contributed by atoms with E-state index in [9.17, 15) is 9.18 Å². The van der Waals surface area contributed by atoms with Gasteiger partial charge in [0, 0.05) is 27.1 Å². The molecule has 2 aromatic carbocycles. The second kappa shape index (κ2) is 6.76. The van der Waals surface area contributed by atoms with Crippen LogP contribution in [0.4, 0.5) is 4.39 Å². The minimum absolute atomic E-state index is 0.152. The molecule has 0 saturated heterocycles. The Kier molecular flexibility index (Phi) is 4.44. The van der Waals surface area contributed by atoms with Crippen LogP contribution in [0.3, 0.4) is 0 Å². The molecular weight excluding hydrogens is 403 g/mol. The van der Waals surface area contributed by atoms with Crippen molar-refractivity contribution in [3.8, 4) is 5.75 Å². The molecular formula is C20H16BrFO4. The van der Waals surface area contributed by atoms with Gasteiger partial charge in [0.05, 0.1) is 19.8 Å². The molecule has 3 aromatic rings. The number of rotatable bonds is 4. The number of hydrogen-bond acceptors (Lipinski definition) is 4. The van der Waals surface area contributed by atoms with Gasteiger partial charge in [0.2, 0.25) is 0 Å². The van der Waals surface area contributed by atoms with Gasteiger partial charge in [0.25, 0.3) is 0 Å². The van der Waals surface area contributed by atoms with E-state index in [1.54, 1.807) is 18.4 Å². The van der Waals surface area contributed by atoms with Crippen LogP contribution >= 0.6 is 15.9 Å². The molecule has 0 amide bonds. The van der Waals surface area contributed by atoms with Crippen molar-refractivity contribution in [1.82, 2.24) is 0 Å². The van der Waals surface area contributed by atoms with Crippen LogP contribution in [0.2, 0.25) is 0 Å². The molecule has 0 fully saturated rings. The Hall–Kier alpha value is -2.34. The fourth-order valence-corrected chi connectivity index (χ4v) is 3.96. The van der Waals surface area contributed by atoms with Crippen LogP contribution in [0.25, 0.3) is 11.0 Å². The lowest BCUT2D eigenvalue weighted by atomic mass is 10.1. The van der Waals surface area contributed by atoms with Gasteiger partial charge in [-0.25, -0.2) is 4.39 Å². The molecule has 0 N–H and O–H groups in total. The first kappa shape index (κ1) is 17.1. The average Bonchev–Trinajstić information content (AvgIpc) is 3.23. The van der Waals surface area contributed by atoms with E-state index in [0.29, 0.717) is 16.9 Å². The third kappa shape index (κ3) is 2.98. The number of fused-ring (bicyclic) bond motifs is 2. The summed E-state index contributed by atoms with van der Waals surface area (Å²) in [6.45, 7) is 0. The lowest BCUT2D eigenvalue weighted by molar-refractivity contribution is -0.139. The first-order valence-electron chi connectivity index (χ1n) is 8.27. The number of benzene rings is 2. The first-order chi connectivity index (χ1) is 12.6.